The van der Waals surface area contributed by atoms with Crippen molar-refractivity contribution in [2.75, 3.05) is 13.2 Å². The molecule has 0 spiro atoms. The highest BCUT2D eigenvalue weighted by atomic mass is 16.5. The van der Waals surface area contributed by atoms with E-state index in [4.69, 9.17) is 15.3 Å². The smallest absolute Gasteiger partial charge is 0.0645 e. The molecule has 0 aromatic carbocycles. The van der Waals surface area contributed by atoms with Crippen LogP contribution in [0.4, 0.5) is 0 Å². The molecule has 0 aliphatic carbocycles. The molecule has 0 heterocycles. The van der Waals surface area contributed by atoms with Crippen LogP contribution in [0.5, 0.6) is 0 Å². The quantitative estimate of drug-likeness (QED) is 0.457. The van der Waals surface area contributed by atoms with Gasteiger partial charge in [0.2, 0.25) is 0 Å². The highest BCUT2D eigenvalue weighted by Gasteiger charge is 1.93. The first-order valence-corrected chi connectivity index (χ1v) is 7.23. The van der Waals surface area contributed by atoms with E-state index in [1.165, 1.54) is 44.9 Å². The average Bonchev–Trinajstić information content (AvgIpc) is 2.39. The molecule has 0 aromatic rings. The normalized spacial score (nSPS) is 9.89. The maximum absolute atomic E-state index is 8.38. The van der Waals surface area contributed by atoms with Crippen LogP contribution in [0, 0.1) is 22.7 Å². The first-order valence-electron chi connectivity index (χ1n) is 7.23. The van der Waals surface area contributed by atoms with Gasteiger partial charge < -0.3 is 4.74 Å². The fourth-order valence-corrected chi connectivity index (χ4v) is 1.87. The second-order valence-corrected chi connectivity index (χ2v) is 4.61. The minimum absolute atomic E-state index is 0.506. The number of hydrogen-bond donors (Lipinski definition) is 0. The molecule has 0 radical (unpaired) electrons. The van der Waals surface area contributed by atoms with Gasteiger partial charge in [-0.2, -0.15) is 10.5 Å². The monoisotopic (exact) mass is 250 g/mol. The van der Waals surface area contributed by atoms with Gasteiger partial charge in [0.05, 0.1) is 25.2 Å². The van der Waals surface area contributed by atoms with Crippen molar-refractivity contribution in [2.45, 2.75) is 70.6 Å². The van der Waals surface area contributed by atoms with Crippen molar-refractivity contribution in [1.29, 1.82) is 10.5 Å². The van der Waals surface area contributed by atoms with Crippen LogP contribution in [0.15, 0.2) is 0 Å². The molecule has 0 bridgehead atoms. The lowest BCUT2D eigenvalue weighted by molar-refractivity contribution is 0.135. The topological polar surface area (TPSA) is 56.8 Å². The van der Waals surface area contributed by atoms with Crippen LogP contribution in [0.3, 0.4) is 0 Å². The highest BCUT2D eigenvalue weighted by molar-refractivity contribution is 4.67. The summed E-state index contributed by atoms with van der Waals surface area (Å²) in [4.78, 5) is 0. The fraction of sp³-hybridized carbons (Fsp3) is 0.867. The van der Waals surface area contributed by atoms with Crippen LogP contribution < -0.4 is 0 Å². The van der Waals surface area contributed by atoms with E-state index in [1.807, 2.05) is 0 Å². The number of unbranched alkanes of at least 4 members (excludes halogenated alkanes) is 9. The summed E-state index contributed by atoms with van der Waals surface area (Å²) in [5, 5.41) is 16.7. The molecule has 0 fully saturated rings. The van der Waals surface area contributed by atoms with Crippen LogP contribution in [0.2, 0.25) is 0 Å². The Bertz CT molecular complexity index is 214. The van der Waals surface area contributed by atoms with Gasteiger partial charge in [-0.15, -0.1) is 0 Å². The third kappa shape index (κ3) is 14.9. The van der Waals surface area contributed by atoms with Gasteiger partial charge in [-0.25, -0.2) is 0 Å². The molecule has 3 nitrogen and oxygen atoms in total. The Morgan fingerprint density at radius 1 is 0.556 bits per heavy atom. The first-order chi connectivity index (χ1) is 8.91. The molecule has 0 atom stereocenters. The molecule has 0 saturated heterocycles. The van der Waals surface area contributed by atoms with Crippen LogP contribution in [-0.4, -0.2) is 13.2 Å². The highest BCUT2D eigenvalue weighted by Crippen LogP contribution is 2.10. The van der Waals surface area contributed by atoms with Crippen molar-refractivity contribution in [3.63, 3.8) is 0 Å². The largest absolute Gasteiger partial charge is 0.380 e. The van der Waals surface area contributed by atoms with Crippen LogP contribution >= 0.6 is 0 Å². The van der Waals surface area contributed by atoms with Crippen molar-refractivity contribution in [2.24, 2.45) is 0 Å². The van der Waals surface area contributed by atoms with E-state index < -0.39 is 0 Å². The molecule has 0 aromatic heterocycles. The van der Waals surface area contributed by atoms with Crippen molar-refractivity contribution in [1.82, 2.24) is 0 Å². The van der Waals surface area contributed by atoms with Gasteiger partial charge in [0, 0.05) is 13.0 Å². The van der Waals surface area contributed by atoms with E-state index in [2.05, 4.69) is 12.1 Å². The lowest BCUT2D eigenvalue weighted by Gasteiger charge is -2.02. The molecular formula is C15H26N2O. The Hall–Kier alpha value is -1.06. The zero-order valence-electron chi connectivity index (χ0n) is 11.5. The molecule has 0 N–H and O–H groups in total. The summed E-state index contributed by atoms with van der Waals surface area (Å²) in [6.07, 6.45) is 12.4. The molecule has 3 heteroatoms. The maximum Gasteiger partial charge on any atom is 0.0645 e. The number of nitrogens with zero attached hydrogens (tertiary/aromatic N) is 2. The average molecular weight is 250 g/mol. The number of hydrogen-bond acceptors (Lipinski definition) is 3. The predicted octanol–water partition coefficient (Wildman–Crippen LogP) is 4.34. The Balaban J connectivity index is 2.91. The Morgan fingerprint density at radius 2 is 1.06 bits per heavy atom. The summed E-state index contributed by atoms with van der Waals surface area (Å²) in [5.41, 5.74) is 0. The second kappa shape index (κ2) is 15.9. The zero-order valence-corrected chi connectivity index (χ0v) is 11.5. The molecule has 0 aliphatic rings. The minimum atomic E-state index is 0.506. The molecular weight excluding hydrogens is 224 g/mol. The minimum Gasteiger partial charge on any atom is -0.380 e. The van der Waals surface area contributed by atoms with Crippen molar-refractivity contribution >= 4 is 0 Å². The van der Waals surface area contributed by atoms with E-state index in [0.29, 0.717) is 19.4 Å². The second-order valence-electron chi connectivity index (χ2n) is 4.61. The molecule has 102 valence electrons. The first kappa shape index (κ1) is 16.9. The summed E-state index contributed by atoms with van der Waals surface area (Å²) < 4.78 is 5.31. The Morgan fingerprint density at radius 3 is 1.61 bits per heavy atom. The van der Waals surface area contributed by atoms with Crippen LogP contribution in [0.25, 0.3) is 0 Å². The molecule has 0 unspecified atom stereocenters. The molecule has 0 rings (SSSR count). The third-order valence-electron chi connectivity index (χ3n) is 2.94. The molecule has 0 saturated carbocycles. The summed E-state index contributed by atoms with van der Waals surface area (Å²) in [6, 6.07) is 4.25. The zero-order chi connectivity index (χ0) is 13.3. The van der Waals surface area contributed by atoms with Gasteiger partial charge in [0.1, 0.15) is 0 Å². The van der Waals surface area contributed by atoms with Crippen molar-refractivity contribution in [3.05, 3.63) is 0 Å². The van der Waals surface area contributed by atoms with E-state index in [1.54, 1.807) is 0 Å². The van der Waals surface area contributed by atoms with E-state index >= 15 is 0 Å². The van der Waals surface area contributed by atoms with Gasteiger partial charge in [-0.1, -0.05) is 44.9 Å². The van der Waals surface area contributed by atoms with Gasteiger partial charge in [0.15, 0.2) is 0 Å². The van der Waals surface area contributed by atoms with Gasteiger partial charge >= 0.3 is 0 Å². The van der Waals surface area contributed by atoms with E-state index in [0.717, 1.165) is 19.4 Å². The SMILES string of the molecule is N#CCCCCCCCCCCCOCCC#N. The van der Waals surface area contributed by atoms with Gasteiger partial charge in [0.25, 0.3) is 0 Å². The third-order valence-corrected chi connectivity index (χ3v) is 2.94. The Labute approximate surface area is 112 Å². The van der Waals surface area contributed by atoms with E-state index in [9.17, 15) is 0 Å². The van der Waals surface area contributed by atoms with E-state index in [-0.39, 0.29) is 0 Å². The van der Waals surface area contributed by atoms with Crippen LogP contribution in [0.1, 0.15) is 70.6 Å². The van der Waals surface area contributed by atoms with Crippen molar-refractivity contribution in [3.8, 4) is 12.1 Å². The van der Waals surface area contributed by atoms with Gasteiger partial charge in [-0.05, 0) is 12.8 Å². The Kier molecular flexibility index (Phi) is 15.0. The van der Waals surface area contributed by atoms with Gasteiger partial charge in [-0.3, -0.25) is 0 Å². The number of nitriles is 2. The number of ether oxygens (including phenoxy) is 1. The standard InChI is InChI=1S/C15H26N2O/c16-12-9-7-5-3-1-2-4-6-8-10-14-18-15-11-13-17/h1-11,14-15H2. The predicted molar refractivity (Wildman–Crippen MR) is 72.8 cm³/mol. The molecule has 0 aliphatic heterocycles. The lowest BCUT2D eigenvalue weighted by atomic mass is 10.1. The fourth-order valence-electron chi connectivity index (χ4n) is 1.87. The summed E-state index contributed by atoms with van der Waals surface area (Å²) >= 11 is 0. The lowest BCUT2D eigenvalue weighted by Crippen LogP contribution is -1.95. The molecule has 0 amide bonds. The molecule has 18 heavy (non-hydrogen) atoms. The summed E-state index contributed by atoms with van der Waals surface area (Å²) in [7, 11) is 0. The number of rotatable bonds is 13. The summed E-state index contributed by atoms with van der Waals surface area (Å²) in [6.45, 7) is 1.38. The van der Waals surface area contributed by atoms with Crippen LogP contribution in [-0.2, 0) is 4.74 Å². The van der Waals surface area contributed by atoms with Crippen molar-refractivity contribution < 1.29 is 4.74 Å². The summed E-state index contributed by atoms with van der Waals surface area (Å²) in [5.74, 6) is 0. The maximum atomic E-state index is 8.38.